The zero-order valence-electron chi connectivity index (χ0n) is 23.5. The third kappa shape index (κ3) is 5.79. The number of amides is 1. The highest BCUT2D eigenvalue weighted by atomic mass is 32.2. The maximum atomic E-state index is 15.4. The third-order valence-electron chi connectivity index (χ3n) is 6.50. The molecule has 4 N–H and O–H groups in total. The minimum Gasteiger partial charge on any atom is -0.453 e. The van der Waals surface area contributed by atoms with Gasteiger partial charge in [0.15, 0.2) is 16.6 Å². The summed E-state index contributed by atoms with van der Waals surface area (Å²) in [4.78, 5) is 21.2. The monoisotopic (exact) mass is 587 g/mol. The highest BCUT2D eigenvalue weighted by Gasteiger charge is 2.21. The van der Waals surface area contributed by atoms with E-state index >= 15 is 4.39 Å². The molecule has 5 aromatic rings. The number of hydrogen-bond acceptors (Lipinski definition) is 8. The Labute approximate surface area is 242 Å². The molecule has 3 aromatic heterocycles. The van der Waals surface area contributed by atoms with Crippen molar-refractivity contribution in [2.45, 2.75) is 49.6 Å². The summed E-state index contributed by atoms with van der Waals surface area (Å²) in [5, 5.41) is 7.46. The molecule has 1 unspecified atom stereocenters. The van der Waals surface area contributed by atoms with Crippen molar-refractivity contribution in [3.63, 3.8) is 0 Å². The Balaban J connectivity index is 1.40. The molecule has 0 bridgehead atoms. The number of nitrogens with two attached hydrogens (primary N) is 1. The van der Waals surface area contributed by atoms with Crippen LogP contribution in [-0.4, -0.2) is 29.9 Å². The molecule has 0 radical (unpaired) electrons. The summed E-state index contributed by atoms with van der Waals surface area (Å²) in [6.07, 6.45) is 6.21. The van der Waals surface area contributed by atoms with Gasteiger partial charge in [0.1, 0.15) is 15.5 Å². The summed E-state index contributed by atoms with van der Waals surface area (Å²) >= 11 is 0. The van der Waals surface area contributed by atoms with Gasteiger partial charge in [-0.05, 0) is 81.3 Å². The molecule has 1 atom stereocenters. The molecule has 10 nitrogen and oxygen atoms in total. The summed E-state index contributed by atoms with van der Waals surface area (Å²) in [5.74, 6) is -0.723. The molecule has 0 saturated heterocycles. The van der Waals surface area contributed by atoms with Crippen LogP contribution >= 0.6 is 0 Å². The van der Waals surface area contributed by atoms with Crippen molar-refractivity contribution in [3.05, 3.63) is 90.3 Å². The summed E-state index contributed by atoms with van der Waals surface area (Å²) < 4.78 is 45.2. The molecule has 0 fully saturated rings. The molecule has 0 saturated carbocycles. The van der Waals surface area contributed by atoms with Gasteiger partial charge < -0.3 is 15.8 Å². The summed E-state index contributed by atoms with van der Waals surface area (Å²) in [6.45, 7) is 7.68. The average Bonchev–Trinajstić information content (AvgIpc) is 3.39. The Morgan fingerprint density at radius 2 is 1.93 bits per heavy atom. The minimum absolute atomic E-state index is 0.0240. The maximum absolute atomic E-state index is 15.4. The summed E-state index contributed by atoms with van der Waals surface area (Å²) in [7, 11) is -3.55. The van der Waals surface area contributed by atoms with E-state index in [4.69, 9.17) is 15.3 Å². The van der Waals surface area contributed by atoms with Crippen molar-refractivity contribution in [1.29, 1.82) is 4.78 Å². The molecule has 12 heteroatoms. The van der Waals surface area contributed by atoms with Crippen molar-refractivity contribution in [2.75, 3.05) is 11.1 Å². The maximum Gasteiger partial charge on any atom is 0.228 e. The number of nitrogens with zero attached hydrogens (tertiary/aromatic N) is 4. The molecule has 5 rings (SSSR count). The Kier molecular flexibility index (Phi) is 7.42. The van der Waals surface area contributed by atoms with Crippen molar-refractivity contribution < 1.29 is 18.1 Å². The molecule has 1 amide bonds. The highest BCUT2D eigenvalue weighted by Crippen LogP contribution is 2.35. The van der Waals surface area contributed by atoms with Gasteiger partial charge in [-0.15, -0.1) is 0 Å². The zero-order chi connectivity index (χ0) is 30.2. The number of ether oxygens (including phenoxy) is 1. The van der Waals surface area contributed by atoms with Crippen LogP contribution in [0.4, 0.5) is 15.8 Å². The van der Waals surface area contributed by atoms with Crippen LogP contribution in [0.5, 0.6) is 11.5 Å². The van der Waals surface area contributed by atoms with E-state index in [1.807, 2.05) is 20.8 Å². The zero-order valence-corrected chi connectivity index (χ0v) is 24.3. The molecule has 3 heterocycles. The van der Waals surface area contributed by atoms with Gasteiger partial charge in [0.05, 0.1) is 39.9 Å². The SMILES string of the molecule is Cc1cc(CC(=O)Nc2cnn(C(C)(C)C)c2)cc(F)c1Oc1ccnc2ccc(S(=N)(=O)c3ncccc3N)cc12. The molecule has 0 aliphatic heterocycles. The molecular formula is C30H30FN7O3S. The second-order valence-electron chi connectivity index (χ2n) is 10.8. The van der Waals surface area contributed by atoms with Crippen LogP contribution < -0.4 is 15.8 Å². The van der Waals surface area contributed by atoms with Crippen molar-refractivity contribution in [1.82, 2.24) is 19.7 Å². The standard InChI is InChI=1S/C30H30FN7O3S/c1-18-12-19(14-27(39)37-20-16-36-38(17-20)30(2,3)4)13-23(31)28(18)41-26-9-11-34-25-8-7-21(15-22(25)26)42(33,40)29-24(32)6-5-10-35-29/h5-13,15-17,33H,14,32H2,1-4H3,(H,37,39). The van der Waals surface area contributed by atoms with E-state index in [0.717, 1.165) is 0 Å². The lowest BCUT2D eigenvalue weighted by molar-refractivity contribution is -0.115. The van der Waals surface area contributed by atoms with E-state index in [0.29, 0.717) is 27.7 Å². The van der Waals surface area contributed by atoms with E-state index < -0.39 is 15.5 Å². The number of nitrogens with one attached hydrogen (secondary N) is 2. The fourth-order valence-electron chi connectivity index (χ4n) is 4.41. The van der Waals surface area contributed by atoms with Gasteiger partial charge >= 0.3 is 0 Å². The lowest BCUT2D eigenvalue weighted by Gasteiger charge is -2.18. The van der Waals surface area contributed by atoms with Crippen molar-refractivity contribution in [2.24, 2.45) is 0 Å². The van der Waals surface area contributed by atoms with Crippen molar-refractivity contribution >= 4 is 37.9 Å². The number of aryl methyl sites for hydroxylation is 1. The van der Waals surface area contributed by atoms with Crippen LogP contribution in [0.15, 0.2) is 83.2 Å². The first kappa shape index (κ1) is 28.7. The largest absolute Gasteiger partial charge is 0.453 e. The minimum atomic E-state index is -3.55. The number of anilines is 2. The van der Waals surface area contributed by atoms with Crippen LogP contribution in [0.25, 0.3) is 10.9 Å². The summed E-state index contributed by atoms with van der Waals surface area (Å²) in [6, 6.07) is 12.3. The molecule has 2 aromatic carbocycles. The highest BCUT2D eigenvalue weighted by molar-refractivity contribution is 7.92. The van der Waals surface area contributed by atoms with Crippen LogP contribution in [0.3, 0.4) is 0 Å². The first-order chi connectivity index (χ1) is 19.8. The lowest BCUT2D eigenvalue weighted by atomic mass is 10.1. The number of pyridine rings is 2. The van der Waals surface area contributed by atoms with E-state index in [2.05, 4.69) is 20.4 Å². The fourth-order valence-corrected chi connectivity index (χ4v) is 5.79. The number of aromatic nitrogens is 4. The van der Waals surface area contributed by atoms with E-state index in [1.165, 1.54) is 36.7 Å². The number of rotatable bonds is 7. The molecule has 42 heavy (non-hydrogen) atoms. The van der Waals surface area contributed by atoms with Gasteiger partial charge in [-0.25, -0.2) is 18.4 Å². The second-order valence-corrected chi connectivity index (χ2v) is 12.8. The molecule has 0 aliphatic carbocycles. The number of hydrogen-bond donors (Lipinski definition) is 3. The summed E-state index contributed by atoms with van der Waals surface area (Å²) in [5.41, 5.74) is 7.87. The number of benzene rings is 2. The van der Waals surface area contributed by atoms with Gasteiger partial charge in [-0.1, -0.05) is 6.07 Å². The first-order valence-electron chi connectivity index (χ1n) is 13.0. The quantitative estimate of drug-likeness (QED) is 0.210. The number of fused-ring (bicyclic) bond motifs is 1. The molecule has 0 spiro atoms. The number of nitrogen functional groups attached to an aromatic ring is 1. The lowest BCUT2D eigenvalue weighted by Crippen LogP contribution is -2.22. The average molecular weight is 588 g/mol. The Bertz CT molecular complexity index is 1910. The smallest absolute Gasteiger partial charge is 0.228 e. The fraction of sp³-hybridized carbons (Fsp3) is 0.200. The Morgan fingerprint density at radius 1 is 1.14 bits per heavy atom. The molecule has 0 aliphatic rings. The van der Waals surface area contributed by atoms with E-state index in [9.17, 15) is 9.00 Å². The number of carbonyl (C=O) groups excluding carboxylic acids is 1. The molecule has 216 valence electrons. The Hall–Kier alpha value is -4.84. The van der Waals surface area contributed by atoms with Gasteiger partial charge in [-0.2, -0.15) is 5.10 Å². The van der Waals surface area contributed by atoms with Crippen LogP contribution in [0, 0.1) is 17.5 Å². The van der Waals surface area contributed by atoms with Crippen LogP contribution in [-0.2, 0) is 26.5 Å². The van der Waals surface area contributed by atoms with Crippen molar-refractivity contribution in [3.8, 4) is 11.5 Å². The number of halogens is 1. The van der Waals surface area contributed by atoms with Gasteiger partial charge in [0, 0.05) is 24.0 Å². The van der Waals surface area contributed by atoms with Gasteiger partial charge in [0.25, 0.3) is 0 Å². The van der Waals surface area contributed by atoms with Crippen LogP contribution in [0.2, 0.25) is 0 Å². The third-order valence-corrected chi connectivity index (χ3v) is 8.30. The van der Waals surface area contributed by atoms with E-state index in [-0.39, 0.29) is 45.0 Å². The second kappa shape index (κ2) is 10.9. The molecular weight excluding hydrogens is 557 g/mol. The Morgan fingerprint density at radius 3 is 2.62 bits per heavy atom. The van der Waals surface area contributed by atoms with Gasteiger partial charge in [-0.3, -0.25) is 14.5 Å². The van der Waals surface area contributed by atoms with E-state index in [1.54, 1.807) is 48.3 Å². The predicted molar refractivity (Wildman–Crippen MR) is 159 cm³/mol. The van der Waals surface area contributed by atoms with Gasteiger partial charge in [0.2, 0.25) is 5.91 Å². The van der Waals surface area contributed by atoms with Crippen LogP contribution in [0.1, 0.15) is 31.9 Å². The number of carbonyl (C=O) groups is 1. The first-order valence-corrected chi connectivity index (χ1v) is 14.6. The topological polar surface area (TPSA) is 149 Å². The normalized spacial score (nSPS) is 13.1. The predicted octanol–water partition coefficient (Wildman–Crippen LogP) is 6.05.